The van der Waals surface area contributed by atoms with E-state index in [9.17, 15) is 4.79 Å². The van der Waals surface area contributed by atoms with E-state index >= 15 is 0 Å². The van der Waals surface area contributed by atoms with E-state index in [1.807, 2.05) is 6.92 Å². The molecule has 8 nitrogen and oxygen atoms in total. The van der Waals surface area contributed by atoms with Gasteiger partial charge in [-0.25, -0.2) is 9.88 Å². The molecule has 0 unspecified atom stereocenters. The average molecular weight is 259 g/mol. The number of imidazole rings is 1. The summed E-state index contributed by atoms with van der Waals surface area (Å²) in [6.45, 7) is 4.07. The van der Waals surface area contributed by atoms with Crippen LogP contribution >= 0.6 is 0 Å². The van der Waals surface area contributed by atoms with Crippen molar-refractivity contribution in [1.29, 1.82) is 0 Å². The molecule has 1 aliphatic heterocycles. The summed E-state index contributed by atoms with van der Waals surface area (Å²) in [7, 11) is 0. The number of carbonyl (C=O) groups excluding carboxylic acids is 1. The Kier molecular flexibility index (Phi) is 2.62. The van der Waals surface area contributed by atoms with Crippen molar-refractivity contribution in [3.8, 4) is 0 Å². The lowest BCUT2D eigenvalue weighted by molar-refractivity contribution is -0.115. The number of amidine groups is 1. The number of hydrogen-bond acceptors (Lipinski definition) is 6. The minimum absolute atomic E-state index is 0.157. The van der Waals surface area contributed by atoms with Crippen LogP contribution in [-0.2, 0) is 4.79 Å². The van der Waals surface area contributed by atoms with E-state index in [0.29, 0.717) is 24.7 Å². The van der Waals surface area contributed by atoms with Crippen molar-refractivity contribution < 1.29 is 4.79 Å². The maximum Gasteiger partial charge on any atom is 0.244 e. The highest BCUT2D eigenvalue weighted by Crippen LogP contribution is 2.17. The molecule has 98 valence electrons. The number of hydrogen-bond donors (Lipinski definition) is 1. The molecule has 1 N–H and O–H groups in total. The van der Waals surface area contributed by atoms with Gasteiger partial charge in [0, 0.05) is 19.9 Å². The number of aromatic nitrogens is 4. The predicted octanol–water partition coefficient (Wildman–Crippen LogP) is 0.0924. The fraction of sp³-hybridized carbons (Fsp3) is 0.364. The number of amides is 1. The maximum atomic E-state index is 11.9. The van der Waals surface area contributed by atoms with Crippen LogP contribution in [0.1, 0.15) is 19.0 Å². The Hall–Kier alpha value is -2.51. The minimum Gasteiger partial charge on any atom is -0.308 e. The summed E-state index contributed by atoms with van der Waals surface area (Å²) in [5.74, 6) is 0.893. The molecular weight excluding hydrogens is 246 g/mol. The van der Waals surface area contributed by atoms with E-state index in [1.54, 1.807) is 16.9 Å². The van der Waals surface area contributed by atoms with Crippen molar-refractivity contribution in [3.63, 3.8) is 0 Å². The van der Waals surface area contributed by atoms with Gasteiger partial charge in [0.2, 0.25) is 11.9 Å². The SMILES string of the molecule is CC(=O)N(C1=NNCC1)c1nncc2c(C)ncn12. The van der Waals surface area contributed by atoms with Gasteiger partial charge in [-0.3, -0.25) is 9.20 Å². The molecule has 2 aromatic heterocycles. The van der Waals surface area contributed by atoms with Crippen molar-refractivity contribution in [2.45, 2.75) is 20.3 Å². The van der Waals surface area contributed by atoms with Crippen molar-refractivity contribution >= 4 is 23.2 Å². The molecule has 1 aliphatic rings. The second-order valence-corrected chi connectivity index (χ2v) is 4.27. The van der Waals surface area contributed by atoms with Crippen LogP contribution < -0.4 is 10.3 Å². The lowest BCUT2D eigenvalue weighted by Crippen LogP contribution is -2.36. The normalized spacial score (nSPS) is 14.3. The van der Waals surface area contributed by atoms with Crippen LogP contribution in [0.4, 0.5) is 5.95 Å². The number of fused-ring (bicyclic) bond motifs is 1. The van der Waals surface area contributed by atoms with E-state index in [0.717, 1.165) is 11.2 Å². The summed E-state index contributed by atoms with van der Waals surface area (Å²) in [6, 6.07) is 0. The number of nitrogens with zero attached hydrogens (tertiary/aromatic N) is 6. The van der Waals surface area contributed by atoms with Crippen LogP contribution in [0.15, 0.2) is 17.6 Å². The number of aryl methyl sites for hydroxylation is 1. The molecule has 3 heterocycles. The molecule has 2 aromatic rings. The Morgan fingerprint density at radius 3 is 3.05 bits per heavy atom. The largest absolute Gasteiger partial charge is 0.308 e. The Labute approximate surface area is 109 Å². The van der Waals surface area contributed by atoms with Gasteiger partial charge in [-0.05, 0) is 6.92 Å². The van der Waals surface area contributed by atoms with Crippen molar-refractivity contribution in [2.24, 2.45) is 5.10 Å². The second-order valence-electron chi connectivity index (χ2n) is 4.27. The second kappa shape index (κ2) is 4.30. The van der Waals surface area contributed by atoms with Crippen LogP contribution in [0, 0.1) is 6.92 Å². The fourth-order valence-corrected chi connectivity index (χ4v) is 2.07. The highest BCUT2D eigenvalue weighted by Gasteiger charge is 2.25. The zero-order chi connectivity index (χ0) is 13.4. The van der Waals surface area contributed by atoms with E-state index in [-0.39, 0.29) is 5.91 Å². The Morgan fingerprint density at radius 1 is 1.53 bits per heavy atom. The van der Waals surface area contributed by atoms with Crippen LogP contribution in [0.2, 0.25) is 0 Å². The molecule has 0 saturated heterocycles. The van der Waals surface area contributed by atoms with Gasteiger partial charge >= 0.3 is 0 Å². The third kappa shape index (κ3) is 1.81. The summed E-state index contributed by atoms with van der Waals surface area (Å²) in [5.41, 5.74) is 4.51. The molecule has 0 bridgehead atoms. The number of carbonyl (C=O) groups is 1. The molecule has 19 heavy (non-hydrogen) atoms. The molecule has 1 amide bonds. The van der Waals surface area contributed by atoms with Crippen LogP contribution in [-0.4, -0.2) is 37.9 Å². The maximum absolute atomic E-state index is 11.9. The lowest BCUT2D eigenvalue weighted by Gasteiger charge is -2.19. The first-order chi connectivity index (χ1) is 9.18. The first kappa shape index (κ1) is 11.6. The summed E-state index contributed by atoms with van der Waals surface area (Å²) in [5, 5.41) is 12.1. The predicted molar refractivity (Wildman–Crippen MR) is 68.7 cm³/mol. The van der Waals surface area contributed by atoms with E-state index in [2.05, 4.69) is 25.7 Å². The molecule has 0 aromatic carbocycles. The first-order valence-corrected chi connectivity index (χ1v) is 5.94. The topological polar surface area (TPSA) is 87.8 Å². The Balaban J connectivity index is 2.17. The van der Waals surface area contributed by atoms with Crippen LogP contribution in [0.3, 0.4) is 0 Å². The van der Waals surface area contributed by atoms with Crippen LogP contribution in [0.25, 0.3) is 5.52 Å². The number of hydrazone groups is 1. The molecule has 3 rings (SSSR count). The summed E-state index contributed by atoms with van der Waals surface area (Å²) >= 11 is 0. The van der Waals surface area contributed by atoms with E-state index in [1.165, 1.54) is 11.8 Å². The quantitative estimate of drug-likeness (QED) is 0.784. The fourth-order valence-electron chi connectivity index (χ4n) is 2.07. The Bertz CT molecular complexity index is 675. The third-order valence-electron chi connectivity index (χ3n) is 2.98. The van der Waals surface area contributed by atoms with Gasteiger partial charge in [-0.2, -0.15) is 10.2 Å². The smallest absolute Gasteiger partial charge is 0.244 e. The van der Waals surface area contributed by atoms with Gasteiger partial charge in [-0.15, -0.1) is 5.10 Å². The van der Waals surface area contributed by atoms with Crippen molar-refractivity contribution in [3.05, 3.63) is 18.2 Å². The minimum atomic E-state index is -0.157. The third-order valence-corrected chi connectivity index (χ3v) is 2.98. The van der Waals surface area contributed by atoms with Gasteiger partial charge in [0.15, 0.2) is 0 Å². The molecule has 0 radical (unpaired) electrons. The Morgan fingerprint density at radius 2 is 2.37 bits per heavy atom. The highest BCUT2D eigenvalue weighted by molar-refractivity contribution is 6.15. The van der Waals surface area contributed by atoms with E-state index in [4.69, 9.17) is 0 Å². The van der Waals surface area contributed by atoms with E-state index < -0.39 is 0 Å². The molecule has 0 atom stereocenters. The van der Waals surface area contributed by atoms with Crippen molar-refractivity contribution in [1.82, 2.24) is 25.0 Å². The highest BCUT2D eigenvalue weighted by atomic mass is 16.2. The zero-order valence-corrected chi connectivity index (χ0v) is 10.7. The van der Waals surface area contributed by atoms with Gasteiger partial charge in [0.1, 0.15) is 12.2 Å². The first-order valence-electron chi connectivity index (χ1n) is 5.94. The van der Waals surface area contributed by atoms with Gasteiger partial charge in [0.05, 0.1) is 17.4 Å². The summed E-state index contributed by atoms with van der Waals surface area (Å²) < 4.78 is 1.74. The van der Waals surface area contributed by atoms with Crippen molar-refractivity contribution in [2.75, 3.05) is 11.4 Å². The number of rotatable bonds is 1. The monoisotopic (exact) mass is 259 g/mol. The van der Waals surface area contributed by atoms with Gasteiger partial charge < -0.3 is 5.43 Å². The molecule has 0 saturated carbocycles. The summed E-state index contributed by atoms with van der Waals surface area (Å²) in [4.78, 5) is 17.6. The van der Waals surface area contributed by atoms with Gasteiger partial charge in [0.25, 0.3) is 0 Å². The number of nitrogens with one attached hydrogen (secondary N) is 1. The van der Waals surface area contributed by atoms with Gasteiger partial charge in [-0.1, -0.05) is 0 Å². The lowest BCUT2D eigenvalue weighted by atomic mass is 10.3. The average Bonchev–Trinajstić information content (AvgIpc) is 3.01. The molecule has 0 spiro atoms. The molecule has 0 aliphatic carbocycles. The molecule has 0 fully saturated rings. The molecular formula is C11H13N7O. The summed E-state index contributed by atoms with van der Waals surface area (Å²) in [6.07, 6.45) is 3.93. The molecule has 8 heteroatoms. The standard InChI is InChI=1S/C11H13N7O/c1-7-9-5-14-16-11(17(9)6-12-7)18(8(2)19)10-3-4-13-15-10/h5-6,13H,3-4H2,1-2H3. The van der Waals surface area contributed by atoms with Crippen LogP contribution in [0.5, 0.6) is 0 Å². The number of anilines is 1. The zero-order valence-electron chi connectivity index (χ0n) is 10.7.